The molecule has 3 aromatic heterocycles. The van der Waals surface area contributed by atoms with Gasteiger partial charge in [-0.25, -0.2) is 4.68 Å². The summed E-state index contributed by atoms with van der Waals surface area (Å²) in [6.45, 7) is 0. The lowest BCUT2D eigenvalue weighted by molar-refractivity contribution is 0.397. The third kappa shape index (κ3) is 2.93. The number of rotatable bonds is 5. The van der Waals surface area contributed by atoms with Crippen LogP contribution in [-0.2, 0) is 5.75 Å². The minimum absolute atomic E-state index is 0.583. The van der Waals surface area contributed by atoms with Gasteiger partial charge in [0.05, 0.1) is 10.6 Å². The molecule has 6 nitrogen and oxygen atoms in total. The summed E-state index contributed by atoms with van der Waals surface area (Å²) >= 11 is 3.04. The number of benzene rings is 1. The SMILES string of the molecule is Nn1c(SCc2cc(-c3ccccc3)no2)nnc1-c1cccs1. The Morgan fingerprint density at radius 1 is 1.12 bits per heavy atom. The van der Waals surface area contributed by atoms with Crippen LogP contribution < -0.4 is 5.84 Å². The fourth-order valence-electron chi connectivity index (χ4n) is 2.21. The summed E-state index contributed by atoms with van der Waals surface area (Å²) in [4.78, 5) is 0.989. The van der Waals surface area contributed by atoms with Gasteiger partial charge in [0.2, 0.25) is 5.16 Å². The van der Waals surface area contributed by atoms with Crippen LogP contribution in [0, 0.1) is 0 Å². The molecule has 0 saturated heterocycles. The standard InChI is InChI=1S/C16H13N5OS2/c17-21-15(14-7-4-8-23-14)18-19-16(21)24-10-12-9-13(20-22-12)11-5-2-1-3-6-11/h1-9H,10,17H2. The molecule has 0 amide bonds. The molecule has 2 N–H and O–H groups in total. The molecule has 0 aliphatic heterocycles. The van der Waals surface area contributed by atoms with E-state index in [-0.39, 0.29) is 0 Å². The van der Waals surface area contributed by atoms with Gasteiger partial charge in [0.1, 0.15) is 11.5 Å². The Hall–Kier alpha value is -2.58. The van der Waals surface area contributed by atoms with E-state index in [1.54, 1.807) is 11.3 Å². The summed E-state index contributed by atoms with van der Waals surface area (Å²) in [6, 6.07) is 15.8. The van der Waals surface area contributed by atoms with E-state index >= 15 is 0 Å². The zero-order chi connectivity index (χ0) is 16.4. The van der Waals surface area contributed by atoms with Gasteiger partial charge in [0, 0.05) is 11.6 Å². The molecular formula is C16H13N5OS2. The molecule has 0 aliphatic rings. The predicted molar refractivity (Wildman–Crippen MR) is 95.0 cm³/mol. The second-order valence-corrected chi connectivity index (χ2v) is 6.88. The molecule has 24 heavy (non-hydrogen) atoms. The zero-order valence-electron chi connectivity index (χ0n) is 12.5. The molecule has 3 heterocycles. The quantitative estimate of drug-likeness (QED) is 0.434. The van der Waals surface area contributed by atoms with E-state index < -0.39 is 0 Å². The van der Waals surface area contributed by atoms with Crippen molar-refractivity contribution < 1.29 is 4.52 Å². The first-order valence-corrected chi connectivity index (χ1v) is 9.06. The Morgan fingerprint density at radius 3 is 2.79 bits per heavy atom. The lowest BCUT2D eigenvalue weighted by Crippen LogP contribution is -2.11. The van der Waals surface area contributed by atoms with Crippen molar-refractivity contribution in [2.75, 3.05) is 5.84 Å². The average Bonchev–Trinajstić information content (AvgIpc) is 3.35. The van der Waals surface area contributed by atoms with Gasteiger partial charge in [0.15, 0.2) is 5.82 Å². The number of hydrogen-bond donors (Lipinski definition) is 1. The molecule has 1 aromatic carbocycles. The molecule has 0 unspecified atom stereocenters. The van der Waals surface area contributed by atoms with Gasteiger partial charge < -0.3 is 10.4 Å². The van der Waals surface area contributed by atoms with Crippen molar-refractivity contribution in [1.82, 2.24) is 20.0 Å². The smallest absolute Gasteiger partial charge is 0.210 e. The van der Waals surface area contributed by atoms with Crippen molar-refractivity contribution in [3.63, 3.8) is 0 Å². The topological polar surface area (TPSA) is 82.8 Å². The van der Waals surface area contributed by atoms with Crippen molar-refractivity contribution in [3.05, 3.63) is 59.7 Å². The first-order chi connectivity index (χ1) is 11.8. The van der Waals surface area contributed by atoms with E-state index in [9.17, 15) is 0 Å². The number of thiophene rings is 1. The van der Waals surface area contributed by atoms with Crippen LogP contribution in [-0.4, -0.2) is 20.0 Å². The minimum Gasteiger partial charge on any atom is -0.360 e. The maximum atomic E-state index is 6.09. The molecule has 0 fully saturated rings. The summed E-state index contributed by atoms with van der Waals surface area (Å²) in [6.07, 6.45) is 0. The van der Waals surface area contributed by atoms with E-state index in [0.717, 1.165) is 21.9 Å². The molecule has 0 atom stereocenters. The van der Waals surface area contributed by atoms with Gasteiger partial charge >= 0.3 is 0 Å². The minimum atomic E-state index is 0.583. The van der Waals surface area contributed by atoms with Gasteiger partial charge in [0.25, 0.3) is 0 Å². The van der Waals surface area contributed by atoms with Gasteiger partial charge in [-0.05, 0) is 11.4 Å². The highest BCUT2D eigenvalue weighted by Crippen LogP contribution is 2.28. The summed E-state index contributed by atoms with van der Waals surface area (Å²) in [5.74, 6) is 8.09. The second-order valence-electron chi connectivity index (χ2n) is 4.99. The first-order valence-electron chi connectivity index (χ1n) is 7.19. The van der Waals surface area contributed by atoms with Gasteiger partial charge in [-0.15, -0.1) is 21.5 Å². The molecule has 0 bridgehead atoms. The molecule has 0 radical (unpaired) electrons. The van der Waals surface area contributed by atoms with Crippen LogP contribution in [0.1, 0.15) is 5.76 Å². The van der Waals surface area contributed by atoms with Gasteiger partial charge in [-0.3, -0.25) is 0 Å². The number of nitrogens with two attached hydrogens (primary N) is 1. The van der Waals surface area contributed by atoms with Crippen molar-refractivity contribution >= 4 is 23.1 Å². The average molecular weight is 355 g/mol. The lowest BCUT2D eigenvalue weighted by atomic mass is 10.1. The van der Waals surface area contributed by atoms with Crippen molar-refractivity contribution in [3.8, 4) is 22.0 Å². The maximum absolute atomic E-state index is 6.09. The molecule has 0 saturated carbocycles. The molecule has 8 heteroatoms. The van der Waals surface area contributed by atoms with Gasteiger partial charge in [-0.2, -0.15) is 0 Å². The Balaban J connectivity index is 1.47. The molecule has 4 aromatic rings. The Kier molecular flexibility index (Phi) is 4.06. The van der Waals surface area contributed by atoms with Crippen LogP contribution in [0.2, 0.25) is 0 Å². The Bertz CT molecular complexity index is 931. The molecule has 0 spiro atoms. The van der Waals surface area contributed by atoms with Crippen LogP contribution in [0.25, 0.3) is 22.0 Å². The number of thioether (sulfide) groups is 1. The maximum Gasteiger partial charge on any atom is 0.210 e. The normalized spacial score (nSPS) is 11.0. The Morgan fingerprint density at radius 2 is 2.00 bits per heavy atom. The van der Waals surface area contributed by atoms with Crippen LogP contribution in [0.5, 0.6) is 0 Å². The van der Waals surface area contributed by atoms with E-state index in [4.69, 9.17) is 10.4 Å². The number of hydrogen-bond acceptors (Lipinski definition) is 7. The summed E-state index contributed by atoms with van der Waals surface area (Å²) < 4.78 is 6.90. The monoisotopic (exact) mass is 355 g/mol. The number of nitrogen functional groups attached to an aromatic ring is 1. The lowest BCUT2D eigenvalue weighted by Gasteiger charge is -2.00. The second kappa shape index (κ2) is 6.50. The molecular weight excluding hydrogens is 342 g/mol. The zero-order valence-corrected chi connectivity index (χ0v) is 14.1. The van der Waals surface area contributed by atoms with Crippen LogP contribution >= 0.6 is 23.1 Å². The third-order valence-electron chi connectivity index (χ3n) is 3.38. The molecule has 0 aliphatic carbocycles. The van der Waals surface area contributed by atoms with Crippen LogP contribution in [0.3, 0.4) is 0 Å². The van der Waals surface area contributed by atoms with Crippen molar-refractivity contribution in [1.29, 1.82) is 0 Å². The summed E-state index contributed by atoms with van der Waals surface area (Å²) in [5, 5.41) is 15.0. The predicted octanol–water partition coefficient (Wildman–Crippen LogP) is 3.67. The first kappa shape index (κ1) is 15.0. The number of aromatic nitrogens is 4. The molecule has 120 valence electrons. The third-order valence-corrected chi connectivity index (χ3v) is 5.21. The van der Waals surface area contributed by atoms with Crippen molar-refractivity contribution in [2.45, 2.75) is 10.9 Å². The van der Waals surface area contributed by atoms with Crippen LogP contribution in [0.15, 0.2) is 63.6 Å². The summed E-state index contributed by atoms with van der Waals surface area (Å²) in [7, 11) is 0. The Labute approximate surface area is 146 Å². The highest BCUT2D eigenvalue weighted by molar-refractivity contribution is 7.98. The fourth-order valence-corrected chi connectivity index (χ4v) is 3.65. The highest BCUT2D eigenvalue weighted by Gasteiger charge is 2.14. The van der Waals surface area contributed by atoms with E-state index in [0.29, 0.717) is 16.7 Å². The van der Waals surface area contributed by atoms with Crippen molar-refractivity contribution in [2.24, 2.45) is 0 Å². The van der Waals surface area contributed by atoms with E-state index in [1.165, 1.54) is 16.4 Å². The number of nitrogens with zero attached hydrogens (tertiary/aromatic N) is 4. The largest absolute Gasteiger partial charge is 0.360 e. The van der Waals surface area contributed by atoms with Gasteiger partial charge in [-0.1, -0.05) is 53.3 Å². The highest BCUT2D eigenvalue weighted by atomic mass is 32.2. The fraction of sp³-hybridized carbons (Fsp3) is 0.0625. The summed E-state index contributed by atoms with van der Waals surface area (Å²) in [5.41, 5.74) is 1.85. The molecule has 4 rings (SSSR count). The van der Waals surface area contributed by atoms with E-state index in [2.05, 4.69) is 15.4 Å². The van der Waals surface area contributed by atoms with Crippen LogP contribution in [0.4, 0.5) is 0 Å². The van der Waals surface area contributed by atoms with E-state index in [1.807, 2.05) is 53.9 Å².